The van der Waals surface area contributed by atoms with Crippen LogP contribution in [0.25, 0.3) is 5.69 Å². The lowest BCUT2D eigenvalue weighted by atomic mass is 10.2. The summed E-state index contributed by atoms with van der Waals surface area (Å²) in [6.45, 7) is 3.62. The molecule has 0 unspecified atom stereocenters. The number of hydrogen-bond acceptors (Lipinski definition) is 3. The van der Waals surface area contributed by atoms with Crippen LogP contribution in [0.1, 0.15) is 21.7 Å². The number of nitrogens with one attached hydrogen (secondary N) is 1. The van der Waals surface area contributed by atoms with Crippen LogP contribution in [0, 0.1) is 19.7 Å². The van der Waals surface area contributed by atoms with Crippen LogP contribution in [0.5, 0.6) is 0 Å². The monoisotopic (exact) mass is 310 g/mol. The van der Waals surface area contributed by atoms with E-state index in [4.69, 9.17) is 0 Å². The van der Waals surface area contributed by atoms with E-state index in [-0.39, 0.29) is 17.3 Å². The van der Waals surface area contributed by atoms with E-state index in [1.807, 2.05) is 25.1 Å². The van der Waals surface area contributed by atoms with Crippen molar-refractivity contribution < 1.29 is 9.18 Å². The minimum atomic E-state index is -0.425. The molecule has 0 radical (unpaired) electrons. The van der Waals surface area contributed by atoms with E-state index in [9.17, 15) is 9.18 Å². The molecule has 1 aromatic heterocycles. The summed E-state index contributed by atoms with van der Waals surface area (Å²) >= 11 is 0. The molecule has 23 heavy (non-hydrogen) atoms. The van der Waals surface area contributed by atoms with Gasteiger partial charge in [0.1, 0.15) is 11.5 Å². The van der Waals surface area contributed by atoms with Crippen molar-refractivity contribution in [2.24, 2.45) is 0 Å². The quantitative estimate of drug-likeness (QED) is 0.807. The highest BCUT2D eigenvalue weighted by Crippen LogP contribution is 2.17. The Kier molecular flexibility index (Phi) is 3.89. The largest absolute Gasteiger partial charge is 0.321 e. The molecule has 0 saturated carbocycles. The molecule has 1 heterocycles. The summed E-state index contributed by atoms with van der Waals surface area (Å²) in [5.41, 5.74) is 2.60. The Balaban J connectivity index is 1.90. The molecule has 5 nitrogen and oxygen atoms in total. The van der Waals surface area contributed by atoms with E-state index in [1.165, 1.54) is 10.7 Å². The highest BCUT2D eigenvalue weighted by molar-refractivity contribution is 6.03. The minimum Gasteiger partial charge on any atom is -0.321 e. The van der Waals surface area contributed by atoms with Crippen molar-refractivity contribution in [2.45, 2.75) is 13.8 Å². The third kappa shape index (κ3) is 2.96. The number of halogens is 1. The molecule has 0 aliphatic rings. The summed E-state index contributed by atoms with van der Waals surface area (Å²) in [5, 5.41) is 10.5. The number of carbonyl (C=O) groups is 1. The number of aromatic nitrogens is 3. The molecule has 116 valence electrons. The minimum absolute atomic E-state index is 0.162. The number of hydrogen-bond donors (Lipinski definition) is 1. The first kappa shape index (κ1) is 14.9. The summed E-state index contributed by atoms with van der Waals surface area (Å²) in [7, 11) is 0. The van der Waals surface area contributed by atoms with E-state index in [2.05, 4.69) is 15.6 Å². The molecule has 0 atom stereocenters. The highest BCUT2D eigenvalue weighted by atomic mass is 19.1. The third-order valence-corrected chi connectivity index (χ3v) is 3.47. The van der Waals surface area contributed by atoms with Gasteiger partial charge in [-0.3, -0.25) is 4.79 Å². The zero-order valence-electron chi connectivity index (χ0n) is 12.7. The highest BCUT2D eigenvalue weighted by Gasteiger charge is 2.18. The van der Waals surface area contributed by atoms with E-state index in [1.54, 1.807) is 31.2 Å². The molecule has 3 rings (SSSR count). The van der Waals surface area contributed by atoms with Gasteiger partial charge in [-0.05, 0) is 43.7 Å². The topological polar surface area (TPSA) is 59.8 Å². The lowest BCUT2D eigenvalue weighted by molar-refractivity contribution is 0.102. The number of amides is 1. The lowest BCUT2D eigenvalue weighted by Gasteiger charge is -2.06. The van der Waals surface area contributed by atoms with Crippen molar-refractivity contribution in [3.63, 3.8) is 0 Å². The van der Waals surface area contributed by atoms with Crippen LogP contribution in [0.4, 0.5) is 10.1 Å². The van der Waals surface area contributed by atoms with Gasteiger partial charge >= 0.3 is 0 Å². The van der Waals surface area contributed by atoms with Crippen LogP contribution in [0.15, 0.2) is 48.5 Å². The van der Waals surface area contributed by atoms with E-state index >= 15 is 0 Å². The number of nitrogens with zero attached hydrogens (tertiary/aromatic N) is 3. The maximum absolute atomic E-state index is 13.9. The molecule has 0 aliphatic heterocycles. The molecule has 0 fully saturated rings. The molecule has 1 N–H and O–H groups in total. The van der Waals surface area contributed by atoms with Gasteiger partial charge in [-0.15, -0.1) is 5.10 Å². The molecule has 3 aromatic rings. The molecule has 1 amide bonds. The summed E-state index contributed by atoms with van der Waals surface area (Å²) in [5.74, 6) is -0.804. The molecule has 2 aromatic carbocycles. The van der Waals surface area contributed by atoms with Crippen molar-refractivity contribution in [1.82, 2.24) is 15.0 Å². The van der Waals surface area contributed by atoms with Crippen molar-refractivity contribution >= 4 is 11.6 Å². The summed E-state index contributed by atoms with van der Waals surface area (Å²) in [6, 6.07) is 13.7. The molecule has 0 saturated heterocycles. The van der Waals surface area contributed by atoms with E-state index in [0.717, 1.165) is 5.56 Å². The first-order valence-electron chi connectivity index (χ1n) is 7.11. The van der Waals surface area contributed by atoms with E-state index in [0.29, 0.717) is 11.4 Å². The maximum Gasteiger partial charge on any atom is 0.278 e. The van der Waals surface area contributed by atoms with Gasteiger partial charge in [-0.1, -0.05) is 29.5 Å². The van der Waals surface area contributed by atoms with Crippen molar-refractivity contribution in [3.8, 4) is 5.69 Å². The first-order chi connectivity index (χ1) is 11.1. The van der Waals surface area contributed by atoms with Crippen LogP contribution < -0.4 is 5.32 Å². The number of anilines is 1. The standard InChI is InChI=1S/C17H15FN4O/c1-11-6-5-7-13(10-11)19-17(23)16-12(2)22(21-20-16)15-9-4-3-8-14(15)18/h3-10H,1-2H3,(H,19,23). The second-order valence-corrected chi connectivity index (χ2v) is 5.21. The molecule has 0 spiro atoms. The summed E-state index contributed by atoms with van der Waals surface area (Å²) in [6.07, 6.45) is 0. The van der Waals surface area contributed by atoms with Crippen LogP contribution in [-0.4, -0.2) is 20.9 Å². The number of aryl methyl sites for hydroxylation is 1. The number of benzene rings is 2. The van der Waals surface area contributed by atoms with Crippen LogP contribution in [0.2, 0.25) is 0 Å². The van der Waals surface area contributed by atoms with Gasteiger partial charge in [0.25, 0.3) is 5.91 Å². The van der Waals surface area contributed by atoms with Gasteiger partial charge in [0.15, 0.2) is 5.69 Å². The normalized spacial score (nSPS) is 10.6. The summed E-state index contributed by atoms with van der Waals surface area (Å²) < 4.78 is 15.2. The van der Waals surface area contributed by atoms with Crippen molar-refractivity contribution in [1.29, 1.82) is 0 Å². The molecular formula is C17H15FN4O. The molecule has 0 bridgehead atoms. The Bertz CT molecular complexity index is 873. The van der Waals surface area contributed by atoms with Gasteiger partial charge < -0.3 is 5.32 Å². The van der Waals surface area contributed by atoms with Gasteiger partial charge in [-0.25, -0.2) is 9.07 Å². The first-order valence-corrected chi connectivity index (χ1v) is 7.11. The Morgan fingerprint density at radius 2 is 1.91 bits per heavy atom. The smallest absolute Gasteiger partial charge is 0.278 e. The Hall–Kier alpha value is -3.02. The van der Waals surface area contributed by atoms with Crippen LogP contribution in [0.3, 0.4) is 0 Å². The fourth-order valence-electron chi connectivity index (χ4n) is 2.30. The van der Waals surface area contributed by atoms with Crippen molar-refractivity contribution in [3.05, 3.63) is 71.3 Å². The fourth-order valence-corrected chi connectivity index (χ4v) is 2.30. The maximum atomic E-state index is 13.9. The number of para-hydroxylation sites is 1. The van der Waals surface area contributed by atoms with Crippen molar-refractivity contribution in [2.75, 3.05) is 5.32 Å². The van der Waals surface area contributed by atoms with Gasteiger partial charge in [0, 0.05) is 5.69 Å². The van der Waals surface area contributed by atoms with Gasteiger partial charge in [-0.2, -0.15) is 0 Å². The zero-order chi connectivity index (χ0) is 16.4. The van der Waals surface area contributed by atoms with Gasteiger partial charge in [0.05, 0.1) is 5.69 Å². The van der Waals surface area contributed by atoms with Crippen LogP contribution >= 0.6 is 0 Å². The number of carbonyl (C=O) groups excluding carboxylic acids is 1. The zero-order valence-corrected chi connectivity index (χ0v) is 12.7. The molecule has 0 aliphatic carbocycles. The Morgan fingerprint density at radius 3 is 2.65 bits per heavy atom. The average Bonchev–Trinajstić information content (AvgIpc) is 2.89. The summed E-state index contributed by atoms with van der Waals surface area (Å²) in [4.78, 5) is 12.4. The molecular weight excluding hydrogens is 295 g/mol. The van der Waals surface area contributed by atoms with E-state index < -0.39 is 5.82 Å². The predicted octanol–water partition coefficient (Wildman–Crippen LogP) is 3.28. The van der Waals surface area contributed by atoms with Crippen LogP contribution in [-0.2, 0) is 0 Å². The van der Waals surface area contributed by atoms with Gasteiger partial charge in [0.2, 0.25) is 0 Å². The third-order valence-electron chi connectivity index (χ3n) is 3.47. The fraction of sp³-hybridized carbons (Fsp3) is 0.118. The molecule has 6 heteroatoms. The SMILES string of the molecule is Cc1cccc(NC(=O)c2nnn(-c3ccccc3F)c2C)c1. The second kappa shape index (κ2) is 6.00. The predicted molar refractivity (Wildman–Crippen MR) is 85.2 cm³/mol. The number of rotatable bonds is 3. The Morgan fingerprint density at radius 1 is 1.13 bits per heavy atom. The lowest BCUT2D eigenvalue weighted by Crippen LogP contribution is -2.14. The second-order valence-electron chi connectivity index (χ2n) is 5.21. The Labute approximate surface area is 132 Å². The average molecular weight is 310 g/mol.